The van der Waals surface area contributed by atoms with E-state index in [4.69, 9.17) is 16.3 Å². The van der Waals surface area contributed by atoms with E-state index >= 15 is 0 Å². The Bertz CT molecular complexity index is 622. The van der Waals surface area contributed by atoms with E-state index in [0.29, 0.717) is 23.3 Å². The number of hydrogen-bond donors (Lipinski definition) is 1. The smallest absolute Gasteiger partial charge is 0.125 e. The molecular weight excluding hydrogens is 272 g/mol. The summed E-state index contributed by atoms with van der Waals surface area (Å²) in [6.45, 7) is 2.36. The van der Waals surface area contributed by atoms with Crippen LogP contribution in [0.5, 0.6) is 5.75 Å². The summed E-state index contributed by atoms with van der Waals surface area (Å²) >= 11 is 5.96. The van der Waals surface area contributed by atoms with Crippen molar-refractivity contribution in [2.24, 2.45) is 0 Å². The van der Waals surface area contributed by atoms with E-state index in [-0.39, 0.29) is 0 Å². The van der Waals surface area contributed by atoms with Crippen LogP contribution in [0.3, 0.4) is 0 Å². The second-order valence-electron chi connectivity index (χ2n) is 5.27. The van der Waals surface area contributed by atoms with E-state index in [1.165, 1.54) is 11.1 Å². The van der Waals surface area contributed by atoms with Gasteiger partial charge in [0.15, 0.2) is 0 Å². The number of halogens is 1. The molecule has 0 radical (unpaired) electrons. The molecule has 0 amide bonds. The van der Waals surface area contributed by atoms with E-state index in [1.807, 2.05) is 6.07 Å². The first-order valence-electron chi connectivity index (χ1n) is 6.83. The van der Waals surface area contributed by atoms with E-state index in [9.17, 15) is 5.11 Å². The summed E-state index contributed by atoms with van der Waals surface area (Å²) in [7, 11) is 0. The van der Waals surface area contributed by atoms with Gasteiger partial charge < -0.3 is 9.84 Å². The number of benzene rings is 2. The van der Waals surface area contributed by atoms with Crippen molar-refractivity contribution >= 4 is 11.6 Å². The van der Waals surface area contributed by atoms with Gasteiger partial charge >= 0.3 is 0 Å². The lowest BCUT2D eigenvalue weighted by Gasteiger charge is -2.30. The Morgan fingerprint density at radius 3 is 2.85 bits per heavy atom. The van der Waals surface area contributed by atoms with Gasteiger partial charge in [-0.1, -0.05) is 35.9 Å². The summed E-state index contributed by atoms with van der Waals surface area (Å²) in [4.78, 5) is 0. The van der Waals surface area contributed by atoms with Crippen LogP contribution in [0.1, 0.15) is 35.6 Å². The van der Waals surface area contributed by atoms with Gasteiger partial charge in [-0.05, 0) is 42.7 Å². The van der Waals surface area contributed by atoms with E-state index in [0.717, 1.165) is 12.0 Å². The van der Waals surface area contributed by atoms with Crippen molar-refractivity contribution in [1.82, 2.24) is 0 Å². The Morgan fingerprint density at radius 2 is 2.10 bits per heavy atom. The normalized spacial score (nSPS) is 18.1. The SMILES string of the molecule is CC(O)c1cc(Cl)ccc1OCC1Cc2ccccc21. The number of ether oxygens (including phenoxy) is 1. The van der Waals surface area contributed by atoms with Gasteiger partial charge in [-0.3, -0.25) is 0 Å². The molecule has 0 bridgehead atoms. The standard InChI is InChI=1S/C17H17ClO2/c1-11(19)16-9-14(18)6-7-17(16)20-10-13-8-12-4-2-3-5-15(12)13/h2-7,9,11,13,19H,8,10H2,1H3. The van der Waals surface area contributed by atoms with Gasteiger partial charge in [0, 0.05) is 16.5 Å². The molecule has 2 aromatic carbocycles. The lowest BCUT2D eigenvalue weighted by atomic mass is 9.78. The highest BCUT2D eigenvalue weighted by Gasteiger charge is 2.26. The molecule has 20 heavy (non-hydrogen) atoms. The van der Waals surface area contributed by atoms with Crippen molar-refractivity contribution in [3.05, 3.63) is 64.2 Å². The quantitative estimate of drug-likeness (QED) is 0.917. The molecule has 3 heteroatoms. The minimum Gasteiger partial charge on any atom is -0.493 e. The van der Waals surface area contributed by atoms with E-state index in [1.54, 1.807) is 19.1 Å². The lowest BCUT2D eigenvalue weighted by Crippen LogP contribution is -2.23. The molecule has 2 aromatic rings. The fourth-order valence-corrected chi connectivity index (χ4v) is 2.86. The van der Waals surface area contributed by atoms with Crippen LogP contribution in [-0.2, 0) is 6.42 Å². The van der Waals surface area contributed by atoms with Gasteiger partial charge in [0.1, 0.15) is 5.75 Å². The summed E-state index contributed by atoms with van der Waals surface area (Å²) in [5.41, 5.74) is 3.53. The maximum absolute atomic E-state index is 9.78. The molecule has 2 atom stereocenters. The zero-order valence-corrected chi connectivity index (χ0v) is 12.1. The molecule has 104 valence electrons. The predicted molar refractivity (Wildman–Crippen MR) is 80.5 cm³/mol. The minimum absolute atomic E-state index is 0.448. The molecule has 0 fully saturated rings. The molecule has 0 aromatic heterocycles. The second kappa shape index (κ2) is 5.47. The largest absolute Gasteiger partial charge is 0.493 e. The molecule has 0 saturated carbocycles. The van der Waals surface area contributed by atoms with Crippen LogP contribution in [0.4, 0.5) is 0 Å². The second-order valence-corrected chi connectivity index (χ2v) is 5.71. The van der Waals surface area contributed by atoms with Crippen LogP contribution < -0.4 is 4.74 Å². The van der Waals surface area contributed by atoms with Gasteiger partial charge in [0.25, 0.3) is 0 Å². The maximum atomic E-state index is 9.78. The van der Waals surface area contributed by atoms with Crippen LogP contribution in [0.2, 0.25) is 5.02 Å². The number of aliphatic hydroxyl groups is 1. The highest BCUT2D eigenvalue weighted by molar-refractivity contribution is 6.30. The molecule has 0 aliphatic heterocycles. The molecule has 3 rings (SSSR count). The first-order valence-corrected chi connectivity index (χ1v) is 7.21. The molecular formula is C17H17ClO2. The molecule has 0 saturated heterocycles. The van der Waals surface area contributed by atoms with Crippen LogP contribution in [0.25, 0.3) is 0 Å². The number of hydrogen-bond acceptors (Lipinski definition) is 2. The minimum atomic E-state index is -0.586. The van der Waals surface area contributed by atoms with Gasteiger partial charge in [0.2, 0.25) is 0 Å². The van der Waals surface area contributed by atoms with Crippen molar-refractivity contribution in [3.8, 4) is 5.75 Å². The Morgan fingerprint density at radius 1 is 1.30 bits per heavy atom. The number of aliphatic hydroxyl groups excluding tert-OH is 1. The van der Waals surface area contributed by atoms with Gasteiger partial charge in [-0.25, -0.2) is 0 Å². The van der Waals surface area contributed by atoms with E-state index < -0.39 is 6.10 Å². The topological polar surface area (TPSA) is 29.5 Å². The summed E-state index contributed by atoms with van der Waals surface area (Å²) in [6, 6.07) is 13.8. The average molecular weight is 289 g/mol. The third-order valence-electron chi connectivity index (χ3n) is 3.82. The Labute approximate surface area is 124 Å². The number of fused-ring (bicyclic) bond motifs is 1. The molecule has 0 spiro atoms. The predicted octanol–water partition coefficient (Wildman–Crippen LogP) is 4.11. The molecule has 1 N–H and O–H groups in total. The molecule has 0 heterocycles. The van der Waals surface area contributed by atoms with Crippen molar-refractivity contribution < 1.29 is 9.84 Å². The first kappa shape index (κ1) is 13.5. The first-order chi connectivity index (χ1) is 9.65. The Kier molecular flexibility index (Phi) is 3.68. The molecule has 2 nitrogen and oxygen atoms in total. The Hall–Kier alpha value is -1.51. The average Bonchev–Trinajstić information content (AvgIpc) is 2.41. The van der Waals surface area contributed by atoms with Crippen molar-refractivity contribution in [1.29, 1.82) is 0 Å². The van der Waals surface area contributed by atoms with Gasteiger partial charge in [-0.15, -0.1) is 0 Å². The maximum Gasteiger partial charge on any atom is 0.125 e. The van der Waals surface area contributed by atoms with Crippen LogP contribution in [-0.4, -0.2) is 11.7 Å². The highest BCUT2D eigenvalue weighted by atomic mass is 35.5. The fraction of sp³-hybridized carbons (Fsp3) is 0.294. The summed E-state index contributed by atoms with van der Waals surface area (Å²) in [5, 5.41) is 10.4. The fourth-order valence-electron chi connectivity index (χ4n) is 2.68. The van der Waals surface area contributed by atoms with Gasteiger partial charge in [0.05, 0.1) is 12.7 Å². The van der Waals surface area contributed by atoms with E-state index in [2.05, 4.69) is 24.3 Å². The van der Waals surface area contributed by atoms with Crippen LogP contribution in [0.15, 0.2) is 42.5 Å². The highest BCUT2D eigenvalue weighted by Crippen LogP contribution is 2.36. The zero-order chi connectivity index (χ0) is 14.1. The lowest BCUT2D eigenvalue weighted by molar-refractivity contribution is 0.188. The Balaban J connectivity index is 1.71. The van der Waals surface area contributed by atoms with Gasteiger partial charge in [-0.2, -0.15) is 0 Å². The zero-order valence-electron chi connectivity index (χ0n) is 11.3. The monoisotopic (exact) mass is 288 g/mol. The van der Waals surface area contributed by atoms with Crippen LogP contribution in [0, 0.1) is 0 Å². The van der Waals surface area contributed by atoms with Crippen molar-refractivity contribution in [3.63, 3.8) is 0 Å². The van der Waals surface area contributed by atoms with Crippen molar-refractivity contribution in [2.45, 2.75) is 25.4 Å². The summed E-state index contributed by atoms with van der Waals surface area (Å²) in [5.74, 6) is 1.16. The molecule has 1 aliphatic carbocycles. The third-order valence-corrected chi connectivity index (χ3v) is 4.06. The van der Waals surface area contributed by atoms with Crippen molar-refractivity contribution in [2.75, 3.05) is 6.61 Å². The molecule has 2 unspecified atom stereocenters. The van der Waals surface area contributed by atoms with Crippen LogP contribution >= 0.6 is 11.6 Å². The number of rotatable bonds is 4. The summed E-state index contributed by atoms with van der Waals surface area (Å²) < 4.78 is 5.90. The summed E-state index contributed by atoms with van der Waals surface area (Å²) in [6.07, 6.45) is 0.478. The molecule has 1 aliphatic rings. The third kappa shape index (κ3) is 2.54.